The Morgan fingerprint density at radius 2 is 1.55 bits per heavy atom. The second-order valence-electron chi connectivity index (χ2n) is 9.08. The minimum absolute atomic E-state index is 0.0671. The van der Waals surface area contributed by atoms with E-state index >= 15 is 0 Å². The predicted molar refractivity (Wildman–Crippen MR) is 147 cm³/mol. The van der Waals surface area contributed by atoms with Crippen LogP contribution in [0.4, 0.5) is 0 Å². The summed E-state index contributed by atoms with van der Waals surface area (Å²) in [5.74, 6) is -5.57. The number of H-pyrrole nitrogens is 1. The molecule has 1 heterocycles. The van der Waals surface area contributed by atoms with Gasteiger partial charge in [-0.1, -0.05) is 18.2 Å². The molecule has 0 radical (unpaired) electrons. The van der Waals surface area contributed by atoms with E-state index < -0.39 is 66.2 Å². The summed E-state index contributed by atoms with van der Waals surface area (Å²) in [6.45, 7) is 0. The number of hydrogen-bond acceptors (Lipinski definition) is 8. The Bertz CT molecular complexity index is 1230. The normalized spacial score (nSPS) is 13.9. The van der Waals surface area contributed by atoms with Crippen LogP contribution in [-0.2, 0) is 35.2 Å². The molecule has 2 aromatic rings. The van der Waals surface area contributed by atoms with E-state index in [9.17, 15) is 39.0 Å². The number of thioether (sulfide) groups is 1. The lowest BCUT2D eigenvalue weighted by Crippen LogP contribution is -2.58. The summed E-state index contributed by atoms with van der Waals surface area (Å²) in [6.07, 6.45) is 2.36. The lowest BCUT2D eigenvalue weighted by Gasteiger charge is -2.24. The molecular weight excluding hydrogens is 544 g/mol. The lowest BCUT2D eigenvalue weighted by molar-refractivity contribution is -0.143. The fourth-order valence-corrected chi connectivity index (χ4v) is 4.33. The number of nitrogens with two attached hydrogens (primary N) is 2. The maximum absolute atomic E-state index is 13.3. The Kier molecular flexibility index (Phi) is 12.4. The molecule has 0 aliphatic rings. The van der Waals surface area contributed by atoms with Crippen molar-refractivity contribution in [2.24, 2.45) is 11.5 Å². The van der Waals surface area contributed by atoms with Crippen molar-refractivity contribution >= 4 is 58.2 Å². The largest absolute Gasteiger partial charge is 0.481 e. The molecule has 40 heavy (non-hydrogen) atoms. The van der Waals surface area contributed by atoms with Crippen molar-refractivity contribution in [1.29, 1.82) is 0 Å². The van der Waals surface area contributed by atoms with Crippen LogP contribution in [0.5, 0.6) is 0 Å². The summed E-state index contributed by atoms with van der Waals surface area (Å²) in [6, 6.07) is 1.82. The van der Waals surface area contributed by atoms with Gasteiger partial charge in [0.2, 0.25) is 23.6 Å². The zero-order valence-electron chi connectivity index (χ0n) is 21.8. The summed E-state index contributed by atoms with van der Waals surface area (Å²) in [4.78, 5) is 76.2. The topological polar surface area (TPSA) is 247 Å². The number of carbonyl (C=O) groups is 6. The predicted octanol–water partition coefficient (Wildman–Crippen LogP) is -0.930. The van der Waals surface area contributed by atoms with Gasteiger partial charge in [0.05, 0.1) is 12.5 Å². The van der Waals surface area contributed by atoms with Crippen molar-refractivity contribution in [3.8, 4) is 0 Å². The number of aromatic nitrogens is 1. The number of aliphatic carboxylic acids is 2. The van der Waals surface area contributed by atoms with E-state index in [-0.39, 0.29) is 25.7 Å². The van der Waals surface area contributed by atoms with Crippen LogP contribution in [0.1, 0.15) is 31.2 Å². The second kappa shape index (κ2) is 15.5. The first kappa shape index (κ1) is 32.1. The Hall–Kier alpha value is -4.11. The number of carboxylic acid groups (broad SMARTS) is 2. The molecule has 0 spiro atoms. The molecule has 1 aromatic heterocycles. The van der Waals surface area contributed by atoms with Crippen LogP contribution in [0.25, 0.3) is 10.9 Å². The third-order valence-corrected chi connectivity index (χ3v) is 6.65. The van der Waals surface area contributed by atoms with E-state index in [0.717, 1.165) is 10.9 Å². The highest BCUT2D eigenvalue weighted by Gasteiger charge is 2.32. The fraction of sp³-hybridized carbons (Fsp3) is 0.440. The first-order valence-electron chi connectivity index (χ1n) is 12.4. The highest BCUT2D eigenvalue weighted by Crippen LogP contribution is 2.19. The Morgan fingerprint density at radius 3 is 2.17 bits per heavy atom. The molecule has 4 amide bonds. The van der Waals surface area contributed by atoms with Gasteiger partial charge < -0.3 is 42.6 Å². The van der Waals surface area contributed by atoms with Crippen molar-refractivity contribution in [1.82, 2.24) is 20.9 Å². The molecule has 4 unspecified atom stereocenters. The van der Waals surface area contributed by atoms with E-state index in [0.29, 0.717) is 11.3 Å². The van der Waals surface area contributed by atoms with Gasteiger partial charge in [-0.05, 0) is 36.5 Å². The number of carboxylic acids is 2. The number of nitrogens with one attached hydrogen (secondary N) is 4. The van der Waals surface area contributed by atoms with Gasteiger partial charge in [0.25, 0.3) is 0 Å². The maximum atomic E-state index is 13.3. The van der Waals surface area contributed by atoms with Gasteiger partial charge in [0.15, 0.2) is 0 Å². The van der Waals surface area contributed by atoms with Gasteiger partial charge in [-0.25, -0.2) is 4.79 Å². The summed E-state index contributed by atoms with van der Waals surface area (Å²) in [5, 5.41) is 26.8. The molecular formula is C25H34N6O8S. The number of primary amides is 1. The van der Waals surface area contributed by atoms with Gasteiger partial charge in [-0.3, -0.25) is 24.0 Å². The molecule has 218 valence electrons. The molecule has 2 rings (SSSR count). The minimum atomic E-state index is -1.62. The van der Waals surface area contributed by atoms with E-state index in [1.165, 1.54) is 11.8 Å². The number of rotatable bonds is 17. The fourth-order valence-electron chi connectivity index (χ4n) is 3.86. The molecule has 0 bridgehead atoms. The summed E-state index contributed by atoms with van der Waals surface area (Å²) < 4.78 is 0. The smallest absolute Gasteiger partial charge is 0.326 e. The van der Waals surface area contributed by atoms with Crippen LogP contribution >= 0.6 is 11.8 Å². The van der Waals surface area contributed by atoms with Crippen LogP contribution in [-0.4, -0.2) is 86.9 Å². The zero-order valence-corrected chi connectivity index (χ0v) is 22.7. The van der Waals surface area contributed by atoms with Crippen LogP contribution in [0, 0.1) is 0 Å². The molecule has 1 aromatic carbocycles. The van der Waals surface area contributed by atoms with Gasteiger partial charge in [0, 0.05) is 29.9 Å². The van der Waals surface area contributed by atoms with Crippen LogP contribution in [0.2, 0.25) is 0 Å². The van der Waals surface area contributed by atoms with E-state index in [4.69, 9.17) is 11.5 Å². The highest BCUT2D eigenvalue weighted by atomic mass is 32.2. The lowest BCUT2D eigenvalue weighted by atomic mass is 10.0. The molecule has 15 heteroatoms. The number of fused-ring (bicyclic) bond motifs is 1. The zero-order chi connectivity index (χ0) is 29.8. The van der Waals surface area contributed by atoms with E-state index in [1.54, 1.807) is 24.6 Å². The molecule has 0 saturated heterocycles. The van der Waals surface area contributed by atoms with Crippen molar-refractivity contribution in [3.05, 3.63) is 36.0 Å². The maximum Gasteiger partial charge on any atom is 0.326 e. The van der Waals surface area contributed by atoms with Crippen molar-refractivity contribution in [3.63, 3.8) is 0 Å². The SMILES string of the molecule is CSCCC(NC(=O)C(Cc1c[nH]c2ccccc12)NC(=O)C(CC(=O)O)NC(=O)C(N)CCC(N)=O)C(=O)O. The Morgan fingerprint density at radius 1 is 0.925 bits per heavy atom. The molecule has 14 nitrogen and oxygen atoms in total. The van der Waals surface area contributed by atoms with Crippen molar-refractivity contribution in [2.45, 2.75) is 56.3 Å². The monoisotopic (exact) mass is 578 g/mol. The third kappa shape index (κ3) is 9.89. The number of benzene rings is 1. The highest BCUT2D eigenvalue weighted by molar-refractivity contribution is 7.98. The average molecular weight is 579 g/mol. The molecule has 0 aliphatic heterocycles. The Balaban J connectivity index is 2.29. The molecule has 0 fully saturated rings. The minimum Gasteiger partial charge on any atom is -0.481 e. The van der Waals surface area contributed by atoms with Gasteiger partial charge in [0.1, 0.15) is 18.1 Å². The van der Waals surface area contributed by atoms with Gasteiger partial charge in [-0.15, -0.1) is 0 Å². The van der Waals surface area contributed by atoms with Crippen LogP contribution < -0.4 is 27.4 Å². The van der Waals surface area contributed by atoms with Crippen molar-refractivity contribution < 1.29 is 39.0 Å². The number of aromatic amines is 1. The van der Waals surface area contributed by atoms with E-state index in [1.807, 2.05) is 12.1 Å². The molecule has 0 aliphatic carbocycles. The van der Waals surface area contributed by atoms with E-state index in [2.05, 4.69) is 20.9 Å². The number of amides is 4. The standard InChI is InChI=1S/C25H34N6O8S/c1-40-9-8-17(25(38)39)29-23(36)18(10-13-12-28-16-5-3-2-4-14(13)16)31-24(37)19(11-21(33)34)30-22(35)15(26)6-7-20(27)32/h2-5,12,15,17-19,28H,6-11,26H2,1H3,(H2,27,32)(H,29,36)(H,30,35)(H,31,37)(H,33,34)(H,38,39). The van der Waals surface area contributed by atoms with Gasteiger partial charge in [-0.2, -0.15) is 11.8 Å². The summed E-state index contributed by atoms with van der Waals surface area (Å²) in [7, 11) is 0. The third-order valence-electron chi connectivity index (χ3n) is 6.01. The van der Waals surface area contributed by atoms with Crippen LogP contribution in [0.3, 0.4) is 0 Å². The first-order valence-corrected chi connectivity index (χ1v) is 13.8. The number of para-hydroxylation sites is 1. The van der Waals surface area contributed by atoms with Crippen molar-refractivity contribution in [2.75, 3.05) is 12.0 Å². The average Bonchev–Trinajstić information content (AvgIpc) is 3.30. The second-order valence-corrected chi connectivity index (χ2v) is 10.1. The summed E-state index contributed by atoms with van der Waals surface area (Å²) >= 11 is 1.40. The molecule has 10 N–H and O–H groups in total. The Labute approximate surface area is 234 Å². The summed E-state index contributed by atoms with van der Waals surface area (Å²) in [5.41, 5.74) is 12.2. The van der Waals surface area contributed by atoms with Crippen LogP contribution in [0.15, 0.2) is 30.5 Å². The quantitative estimate of drug-likeness (QED) is 0.114. The number of carbonyl (C=O) groups excluding carboxylic acids is 4. The molecule has 4 atom stereocenters. The van der Waals surface area contributed by atoms with Gasteiger partial charge >= 0.3 is 11.9 Å². The number of hydrogen-bond donors (Lipinski definition) is 8. The first-order chi connectivity index (χ1) is 18.9. The molecule has 0 saturated carbocycles.